The molecule has 8 unspecified atom stereocenters. The molecule has 14 nitrogen and oxygen atoms in total. The topological polar surface area (TPSA) is 182 Å². The van der Waals surface area contributed by atoms with Crippen LogP contribution in [0.3, 0.4) is 0 Å². The van der Waals surface area contributed by atoms with E-state index in [9.17, 15) is 42.6 Å². The summed E-state index contributed by atoms with van der Waals surface area (Å²) in [7, 11) is 0. The molecule has 3 aliphatic carbocycles. The predicted molar refractivity (Wildman–Crippen MR) is 165 cm³/mol. The maximum Gasteiger partial charge on any atom is 0.422 e. The third kappa shape index (κ3) is 6.63. The summed E-state index contributed by atoms with van der Waals surface area (Å²) in [6, 6.07) is 3.78. The monoisotopic (exact) mass is 723 g/mol. The lowest BCUT2D eigenvalue weighted by Crippen LogP contribution is -2.71. The quantitative estimate of drug-likeness (QED) is 0.167. The number of carbonyl (C=O) groups is 4. The van der Waals surface area contributed by atoms with Crippen LogP contribution in [-0.2, 0) is 49.5 Å². The Hall–Kier alpha value is -3.61. The number of esters is 2. The molecule has 2 amide bonds. The molecular formula is C34H40F3N3O11. The van der Waals surface area contributed by atoms with Crippen molar-refractivity contribution >= 4 is 29.8 Å². The number of rotatable bonds is 13. The first kappa shape index (κ1) is 35.8. The summed E-state index contributed by atoms with van der Waals surface area (Å²) in [5, 5.41) is 26.2. The fourth-order valence-electron chi connectivity index (χ4n) is 8.00. The Balaban J connectivity index is 1.22. The molecule has 278 valence electrons. The van der Waals surface area contributed by atoms with Crippen LogP contribution < -0.4 is 10.6 Å². The van der Waals surface area contributed by atoms with E-state index >= 15 is 0 Å². The third-order valence-corrected chi connectivity index (χ3v) is 10.5. The number of halogens is 3. The predicted octanol–water partition coefficient (Wildman–Crippen LogP) is 0.880. The summed E-state index contributed by atoms with van der Waals surface area (Å²) in [6.45, 7) is -1.05. The Morgan fingerprint density at radius 1 is 1.12 bits per heavy atom. The number of carbonyl (C=O) groups excluding carboxylic acids is 4. The minimum absolute atomic E-state index is 0.0380. The number of hydroxylamine groups is 2. The summed E-state index contributed by atoms with van der Waals surface area (Å²) < 4.78 is 61.4. The number of hydrogen-bond donors (Lipinski definition) is 4. The van der Waals surface area contributed by atoms with Crippen molar-refractivity contribution in [1.82, 2.24) is 15.7 Å². The third-order valence-electron chi connectivity index (χ3n) is 10.5. The second-order valence-electron chi connectivity index (χ2n) is 14.1. The van der Waals surface area contributed by atoms with Gasteiger partial charge in [0.05, 0.1) is 19.3 Å². The highest BCUT2D eigenvalue weighted by Crippen LogP contribution is 2.63. The zero-order chi connectivity index (χ0) is 36.3. The number of nitrogens with zero attached hydrogens (tertiary/aromatic N) is 1. The van der Waals surface area contributed by atoms with Crippen LogP contribution in [0, 0.1) is 17.3 Å². The smallest absolute Gasteiger partial charge is 0.422 e. The van der Waals surface area contributed by atoms with E-state index in [0.29, 0.717) is 11.1 Å². The van der Waals surface area contributed by atoms with Crippen LogP contribution in [0.4, 0.5) is 13.2 Å². The summed E-state index contributed by atoms with van der Waals surface area (Å²) in [6.07, 6.45) is -3.90. The molecule has 7 rings (SSSR count). The van der Waals surface area contributed by atoms with Crippen LogP contribution in [0.2, 0.25) is 0 Å². The molecule has 1 aromatic rings. The Labute approximate surface area is 290 Å². The average molecular weight is 724 g/mol. The lowest BCUT2D eigenvalue weighted by Gasteiger charge is -2.49. The maximum atomic E-state index is 14.6. The summed E-state index contributed by atoms with van der Waals surface area (Å²) in [4.78, 5) is 60.2. The molecule has 3 aliphatic heterocycles. The van der Waals surface area contributed by atoms with Crippen molar-refractivity contribution in [2.75, 3.05) is 19.8 Å². The van der Waals surface area contributed by atoms with Gasteiger partial charge < -0.3 is 39.8 Å². The van der Waals surface area contributed by atoms with Crippen LogP contribution in [0.5, 0.6) is 0 Å². The van der Waals surface area contributed by atoms with Gasteiger partial charge in [0.15, 0.2) is 18.4 Å². The van der Waals surface area contributed by atoms with Crippen molar-refractivity contribution in [3.8, 4) is 0 Å². The summed E-state index contributed by atoms with van der Waals surface area (Å²) >= 11 is 0. The number of ether oxygens (including phenoxy) is 4. The lowest BCUT2D eigenvalue weighted by molar-refractivity contribution is -0.235. The van der Waals surface area contributed by atoms with E-state index in [1.807, 2.05) is 0 Å². The lowest BCUT2D eigenvalue weighted by atomic mass is 9.62. The van der Waals surface area contributed by atoms with Gasteiger partial charge in [0, 0.05) is 30.9 Å². The fourth-order valence-corrected chi connectivity index (χ4v) is 8.00. The van der Waals surface area contributed by atoms with Gasteiger partial charge in [-0.15, -0.1) is 0 Å². The van der Waals surface area contributed by atoms with Crippen molar-refractivity contribution in [3.63, 3.8) is 0 Å². The highest BCUT2D eigenvalue weighted by atomic mass is 19.4. The SMILES string of the molecule is CC(O)C(NC(=O)C12CC3OC(=O)C1N(Cc1ccccc1C=CC(=O)OCC(F)(F)F)OC2C1OC(C2CC2)(C2CC2)OC31)C(=O)NCCO. The van der Waals surface area contributed by atoms with Gasteiger partial charge in [0.25, 0.3) is 0 Å². The molecule has 0 spiro atoms. The van der Waals surface area contributed by atoms with Crippen molar-refractivity contribution in [3.05, 3.63) is 41.5 Å². The first-order valence-corrected chi connectivity index (χ1v) is 17.1. The van der Waals surface area contributed by atoms with Gasteiger partial charge in [-0.05, 0) is 49.8 Å². The minimum Gasteiger partial charge on any atom is -0.458 e. The Kier molecular flexibility index (Phi) is 9.41. The van der Waals surface area contributed by atoms with Crippen LogP contribution in [0.15, 0.2) is 30.3 Å². The van der Waals surface area contributed by atoms with Gasteiger partial charge in [0.2, 0.25) is 11.8 Å². The van der Waals surface area contributed by atoms with Gasteiger partial charge in [-0.25, -0.2) is 4.79 Å². The summed E-state index contributed by atoms with van der Waals surface area (Å²) in [5.74, 6) is -4.10. The van der Waals surface area contributed by atoms with Crippen LogP contribution in [-0.4, -0.2) is 113 Å². The number of aliphatic hydroxyl groups excluding tert-OH is 2. The number of alkyl halides is 3. The second kappa shape index (κ2) is 13.4. The van der Waals surface area contributed by atoms with Crippen molar-refractivity contribution in [1.29, 1.82) is 0 Å². The van der Waals surface area contributed by atoms with E-state index < -0.39 is 90.3 Å². The van der Waals surface area contributed by atoms with Crippen molar-refractivity contribution in [2.45, 2.75) is 100 Å². The number of nitrogens with one attached hydrogen (secondary N) is 2. The molecule has 3 saturated heterocycles. The normalized spacial score (nSPS) is 32.2. The van der Waals surface area contributed by atoms with Crippen LogP contribution >= 0.6 is 0 Å². The minimum atomic E-state index is -4.69. The Morgan fingerprint density at radius 2 is 1.80 bits per heavy atom. The Bertz CT molecular complexity index is 1570. The van der Waals surface area contributed by atoms with E-state index in [2.05, 4.69) is 15.4 Å². The molecule has 2 bridgehead atoms. The molecule has 6 fully saturated rings. The molecule has 6 aliphatic rings. The zero-order valence-electron chi connectivity index (χ0n) is 27.7. The van der Waals surface area contributed by atoms with E-state index in [-0.39, 0.29) is 38.0 Å². The first-order chi connectivity index (χ1) is 24.3. The molecule has 51 heavy (non-hydrogen) atoms. The van der Waals surface area contributed by atoms with Gasteiger partial charge in [-0.1, -0.05) is 24.3 Å². The van der Waals surface area contributed by atoms with E-state index in [4.69, 9.17) is 19.0 Å². The van der Waals surface area contributed by atoms with Crippen molar-refractivity contribution < 1.29 is 66.3 Å². The highest BCUT2D eigenvalue weighted by Gasteiger charge is 2.78. The molecule has 8 atom stereocenters. The molecular weight excluding hydrogens is 683 g/mol. The fraction of sp³-hybridized carbons (Fsp3) is 0.647. The number of hydrogen-bond acceptors (Lipinski definition) is 12. The molecule has 3 heterocycles. The highest BCUT2D eigenvalue weighted by molar-refractivity contribution is 5.96. The van der Waals surface area contributed by atoms with Gasteiger partial charge in [0.1, 0.15) is 35.9 Å². The molecule has 17 heteroatoms. The van der Waals surface area contributed by atoms with E-state index in [0.717, 1.165) is 31.8 Å². The van der Waals surface area contributed by atoms with Gasteiger partial charge >= 0.3 is 18.1 Å². The number of aliphatic hydroxyl groups is 2. The molecule has 0 aromatic heterocycles. The Morgan fingerprint density at radius 3 is 2.45 bits per heavy atom. The van der Waals surface area contributed by atoms with Crippen LogP contribution in [0.1, 0.15) is 50.2 Å². The number of fused-ring (bicyclic) bond motifs is 4. The standard InChI is InChI=1S/C34H40F3N3O11/c1-17(42)24(29(44)38-12-13-41)39-31(46)32-14-22-25-26(50-34(49-25,20-7-8-20)21-9-10-21)28(32)51-40(27(32)30(45)48-22)15-19-5-3-2-4-18(19)6-11-23(43)47-16-33(35,36)37/h2-6,11,17,20-22,24-28,41-42H,7-10,12-16H2,1H3,(H,38,44)(H,39,46). The zero-order valence-corrected chi connectivity index (χ0v) is 27.7. The molecule has 4 N–H and O–H groups in total. The van der Waals surface area contributed by atoms with Gasteiger partial charge in [-0.2, -0.15) is 18.2 Å². The van der Waals surface area contributed by atoms with E-state index in [1.165, 1.54) is 18.1 Å². The maximum absolute atomic E-state index is 14.6. The summed E-state index contributed by atoms with van der Waals surface area (Å²) in [5.41, 5.74) is -0.795. The van der Waals surface area contributed by atoms with E-state index in [1.54, 1.807) is 24.3 Å². The first-order valence-electron chi connectivity index (χ1n) is 17.1. The van der Waals surface area contributed by atoms with Crippen LogP contribution in [0.25, 0.3) is 6.08 Å². The number of amides is 2. The second-order valence-corrected chi connectivity index (χ2v) is 14.1. The number of benzene rings is 1. The molecule has 0 radical (unpaired) electrons. The average Bonchev–Trinajstić information content (AvgIpc) is 4.03. The largest absolute Gasteiger partial charge is 0.458 e. The van der Waals surface area contributed by atoms with Crippen molar-refractivity contribution in [2.24, 2.45) is 17.3 Å². The van der Waals surface area contributed by atoms with Gasteiger partial charge in [-0.3, -0.25) is 19.2 Å². The molecule has 3 saturated carbocycles. The molecule has 1 aromatic carbocycles.